The SMILES string of the molecule is CCC(C)(N)CN(C)c1ccc(OC)cc1. The van der Waals surface area contributed by atoms with Crippen LogP contribution >= 0.6 is 0 Å². The minimum Gasteiger partial charge on any atom is -0.497 e. The van der Waals surface area contributed by atoms with Gasteiger partial charge in [-0.1, -0.05) is 6.92 Å². The lowest BCUT2D eigenvalue weighted by molar-refractivity contribution is 0.414. The number of nitrogens with two attached hydrogens (primary N) is 1. The number of nitrogens with zero attached hydrogens (tertiary/aromatic N) is 1. The van der Waals surface area contributed by atoms with E-state index >= 15 is 0 Å². The molecular formula is C13H22N2O. The zero-order valence-electron chi connectivity index (χ0n) is 10.7. The highest BCUT2D eigenvalue weighted by atomic mass is 16.5. The van der Waals surface area contributed by atoms with E-state index in [9.17, 15) is 0 Å². The molecule has 0 amide bonds. The molecule has 2 N–H and O–H groups in total. The Bertz CT molecular complexity index is 319. The van der Waals surface area contributed by atoms with Gasteiger partial charge in [-0.05, 0) is 37.6 Å². The Balaban J connectivity index is 2.69. The molecule has 90 valence electrons. The topological polar surface area (TPSA) is 38.5 Å². The lowest BCUT2D eigenvalue weighted by atomic mass is 10.00. The summed E-state index contributed by atoms with van der Waals surface area (Å²) in [5.41, 5.74) is 7.16. The third kappa shape index (κ3) is 3.42. The quantitative estimate of drug-likeness (QED) is 0.830. The molecule has 0 aliphatic rings. The molecular weight excluding hydrogens is 200 g/mol. The lowest BCUT2D eigenvalue weighted by Gasteiger charge is -2.30. The van der Waals surface area contributed by atoms with Crippen LogP contribution < -0.4 is 15.4 Å². The third-order valence-corrected chi connectivity index (χ3v) is 2.92. The number of rotatable bonds is 5. The highest BCUT2D eigenvalue weighted by Gasteiger charge is 2.18. The van der Waals surface area contributed by atoms with Gasteiger partial charge in [0.15, 0.2) is 0 Å². The summed E-state index contributed by atoms with van der Waals surface area (Å²) >= 11 is 0. The Morgan fingerprint density at radius 1 is 1.31 bits per heavy atom. The van der Waals surface area contributed by atoms with E-state index in [-0.39, 0.29) is 5.54 Å². The average molecular weight is 222 g/mol. The molecule has 0 radical (unpaired) electrons. The van der Waals surface area contributed by atoms with Crippen LogP contribution in [0.4, 0.5) is 5.69 Å². The highest BCUT2D eigenvalue weighted by Crippen LogP contribution is 2.19. The summed E-state index contributed by atoms with van der Waals surface area (Å²) in [6.07, 6.45) is 0.966. The summed E-state index contributed by atoms with van der Waals surface area (Å²) in [4.78, 5) is 2.17. The second-order valence-corrected chi connectivity index (χ2v) is 4.56. The Morgan fingerprint density at radius 3 is 2.31 bits per heavy atom. The number of methoxy groups -OCH3 is 1. The normalized spacial score (nSPS) is 14.3. The van der Waals surface area contributed by atoms with Crippen LogP contribution in [-0.2, 0) is 0 Å². The van der Waals surface area contributed by atoms with E-state index in [0.717, 1.165) is 24.4 Å². The molecule has 0 heterocycles. The molecule has 0 bridgehead atoms. The largest absolute Gasteiger partial charge is 0.497 e. The van der Waals surface area contributed by atoms with E-state index in [0.29, 0.717) is 0 Å². The summed E-state index contributed by atoms with van der Waals surface area (Å²) < 4.78 is 5.13. The molecule has 0 spiro atoms. The van der Waals surface area contributed by atoms with Gasteiger partial charge < -0.3 is 15.4 Å². The summed E-state index contributed by atoms with van der Waals surface area (Å²) in [7, 11) is 3.73. The number of hydrogen-bond donors (Lipinski definition) is 1. The van der Waals surface area contributed by atoms with E-state index in [1.165, 1.54) is 0 Å². The predicted octanol–water partition coefficient (Wildman–Crippen LogP) is 2.26. The molecule has 1 aromatic rings. The Hall–Kier alpha value is -1.22. The number of ether oxygens (including phenoxy) is 1. The summed E-state index contributed by atoms with van der Waals surface area (Å²) in [5.74, 6) is 0.878. The third-order valence-electron chi connectivity index (χ3n) is 2.92. The molecule has 3 nitrogen and oxygen atoms in total. The van der Waals surface area contributed by atoms with Crippen molar-refractivity contribution in [3.05, 3.63) is 24.3 Å². The smallest absolute Gasteiger partial charge is 0.119 e. The van der Waals surface area contributed by atoms with Gasteiger partial charge in [0, 0.05) is 24.8 Å². The van der Waals surface area contributed by atoms with E-state index in [1.807, 2.05) is 24.3 Å². The standard InChI is InChI=1S/C13H22N2O/c1-5-13(2,14)10-15(3)11-6-8-12(16-4)9-7-11/h6-9H,5,10,14H2,1-4H3. The van der Waals surface area contributed by atoms with Gasteiger partial charge in [-0.25, -0.2) is 0 Å². The number of benzene rings is 1. The zero-order chi connectivity index (χ0) is 12.2. The van der Waals surface area contributed by atoms with Crippen molar-refractivity contribution in [3.8, 4) is 5.75 Å². The van der Waals surface area contributed by atoms with Crippen molar-refractivity contribution < 1.29 is 4.74 Å². The summed E-state index contributed by atoms with van der Waals surface area (Å²) in [6, 6.07) is 8.02. The van der Waals surface area contributed by atoms with E-state index in [2.05, 4.69) is 25.8 Å². The Kier molecular flexibility index (Phi) is 4.19. The molecule has 0 aromatic heterocycles. The molecule has 3 heteroatoms. The molecule has 1 rings (SSSR count). The molecule has 16 heavy (non-hydrogen) atoms. The number of hydrogen-bond acceptors (Lipinski definition) is 3. The molecule has 1 atom stereocenters. The van der Waals surface area contributed by atoms with Crippen LogP contribution in [0.25, 0.3) is 0 Å². The maximum atomic E-state index is 6.14. The van der Waals surface area contributed by atoms with E-state index in [4.69, 9.17) is 10.5 Å². The van der Waals surface area contributed by atoms with Crippen molar-refractivity contribution in [1.29, 1.82) is 0 Å². The van der Waals surface area contributed by atoms with Crippen molar-refractivity contribution in [1.82, 2.24) is 0 Å². The van der Waals surface area contributed by atoms with Crippen LogP contribution in [0.1, 0.15) is 20.3 Å². The summed E-state index contributed by atoms with van der Waals surface area (Å²) in [5, 5.41) is 0. The second kappa shape index (κ2) is 5.21. The predicted molar refractivity (Wildman–Crippen MR) is 69.1 cm³/mol. The van der Waals surface area contributed by atoms with Crippen molar-refractivity contribution >= 4 is 5.69 Å². The molecule has 0 aliphatic heterocycles. The minimum absolute atomic E-state index is 0.144. The first-order chi connectivity index (χ1) is 7.48. The maximum absolute atomic E-state index is 6.14. The first-order valence-corrected chi connectivity index (χ1v) is 5.62. The maximum Gasteiger partial charge on any atom is 0.119 e. The van der Waals surface area contributed by atoms with Gasteiger partial charge in [0.1, 0.15) is 5.75 Å². The molecule has 0 aliphatic carbocycles. The van der Waals surface area contributed by atoms with Gasteiger partial charge in [0.05, 0.1) is 7.11 Å². The number of anilines is 1. The van der Waals surface area contributed by atoms with Crippen LogP contribution in [-0.4, -0.2) is 26.2 Å². The first-order valence-electron chi connectivity index (χ1n) is 5.62. The van der Waals surface area contributed by atoms with Crippen molar-refractivity contribution in [2.45, 2.75) is 25.8 Å². The van der Waals surface area contributed by atoms with Crippen molar-refractivity contribution in [3.63, 3.8) is 0 Å². The van der Waals surface area contributed by atoms with Gasteiger partial charge in [0.25, 0.3) is 0 Å². The van der Waals surface area contributed by atoms with Crippen LogP contribution in [0.3, 0.4) is 0 Å². The molecule has 1 aromatic carbocycles. The lowest BCUT2D eigenvalue weighted by Crippen LogP contribution is -2.46. The molecule has 1 unspecified atom stereocenters. The van der Waals surface area contributed by atoms with Gasteiger partial charge in [-0.15, -0.1) is 0 Å². The van der Waals surface area contributed by atoms with Gasteiger partial charge in [-0.2, -0.15) is 0 Å². The number of likely N-dealkylation sites (N-methyl/N-ethyl adjacent to an activating group) is 1. The molecule has 0 saturated heterocycles. The van der Waals surface area contributed by atoms with Crippen molar-refractivity contribution in [2.75, 3.05) is 25.6 Å². The second-order valence-electron chi connectivity index (χ2n) is 4.56. The Morgan fingerprint density at radius 2 is 1.88 bits per heavy atom. The Labute approximate surface area is 98.2 Å². The van der Waals surface area contributed by atoms with E-state index in [1.54, 1.807) is 7.11 Å². The fourth-order valence-corrected chi connectivity index (χ4v) is 1.58. The van der Waals surface area contributed by atoms with Gasteiger partial charge >= 0.3 is 0 Å². The first kappa shape index (κ1) is 12.8. The minimum atomic E-state index is -0.144. The van der Waals surface area contributed by atoms with Crippen LogP contribution in [0.5, 0.6) is 5.75 Å². The monoisotopic (exact) mass is 222 g/mol. The summed E-state index contributed by atoms with van der Waals surface area (Å²) in [6.45, 7) is 5.03. The zero-order valence-corrected chi connectivity index (χ0v) is 10.7. The molecule has 0 saturated carbocycles. The average Bonchev–Trinajstić information content (AvgIpc) is 2.28. The van der Waals surface area contributed by atoms with Crippen LogP contribution in [0.15, 0.2) is 24.3 Å². The van der Waals surface area contributed by atoms with Gasteiger partial charge in [-0.3, -0.25) is 0 Å². The van der Waals surface area contributed by atoms with E-state index < -0.39 is 0 Å². The van der Waals surface area contributed by atoms with Crippen LogP contribution in [0.2, 0.25) is 0 Å². The van der Waals surface area contributed by atoms with Crippen molar-refractivity contribution in [2.24, 2.45) is 5.73 Å². The van der Waals surface area contributed by atoms with Gasteiger partial charge in [0.2, 0.25) is 0 Å². The highest BCUT2D eigenvalue weighted by molar-refractivity contribution is 5.48. The van der Waals surface area contributed by atoms with Crippen LogP contribution in [0, 0.1) is 0 Å². The molecule has 0 fully saturated rings. The fourth-order valence-electron chi connectivity index (χ4n) is 1.58. The fraction of sp³-hybridized carbons (Fsp3) is 0.538.